The lowest BCUT2D eigenvalue weighted by Gasteiger charge is -2.22. The Morgan fingerprint density at radius 1 is 1.28 bits per heavy atom. The number of nitrogen functional groups attached to an aromatic ring is 1. The predicted octanol–water partition coefficient (Wildman–Crippen LogP) is 1.75. The van der Waals surface area contributed by atoms with Crippen molar-refractivity contribution in [3.8, 4) is 0 Å². The van der Waals surface area contributed by atoms with E-state index < -0.39 is 0 Å². The van der Waals surface area contributed by atoms with Crippen molar-refractivity contribution >= 4 is 11.6 Å². The van der Waals surface area contributed by atoms with E-state index in [2.05, 4.69) is 13.8 Å². The summed E-state index contributed by atoms with van der Waals surface area (Å²) < 4.78 is 0. The van der Waals surface area contributed by atoms with Crippen LogP contribution in [0.15, 0.2) is 24.3 Å². The average Bonchev–Trinajstić information content (AvgIpc) is 2.34. The second-order valence-electron chi connectivity index (χ2n) is 4.82. The molecule has 0 saturated carbocycles. The molecule has 0 bridgehead atoms. The van der Waals surface area contributed by atoms with Gasteiger partial charge in [-0.15, -0.1) is 0 Å². The zero-order valence-corrected chi connectivity index (χ0v) is 11.1. The van der Waals surface area contributed by atoms with Gasteiger partial charge >= 0.3 is 0 Å². The van der Waals surface area contributed by atoms with E-state index in [4.69, 9.17) is 10.8 Å². The second kappa shape index (κ2) is 7.01. The van der Waals surface area contributed by atoms with E-state index in [-0.39, 0.29) is 12.5 Å². The number of aliphatic hydroxyl groups is 1. The molecule has 18 heavy (non-hydrogen) atoms. The van der Waals surface area contributed by atoms with E-state index in [9.17, 15) is 4.79 Å². The van der Waals surface area contributed by atoms with Gasteiger partial charge in [-0.2, -0.15) is 0 Å². The molecule has 100 valence electrons. The lowest BCUT2D eigenvalue weighted by molar-refractivity contribution is 0.0714. The number of carbonyl (C=O) groups is 1. The van der Waals surface area contributed by atoms with Crippen molar-refractivity contribution in [2.75, 3.05) is 25.4 Å². The number of aliphatic hydroxyl groups excluding tert-OH is 1. The maximum atomic E-state index is 12.2. The summed E-state index contributed by atoms with van der Waals surface area (Å²) in [5.74, 6) is 0.482. The Morgan fingerprint density at radius 2 is 1.89 bits per heavy atom. The van der Waals surface area contributed by atoms with E-state index in [0.717, 1.165) is 6.42 Å². The molecule has 0 aromatic heterocycles. The Balaban J connectivity index is 2.72. The van der Waals surface area contributed by atoms with Crippen LogP contribution in [0.3, 0.4) is 0 Å². The molecule has 1 aromatic rings. The quantitative estimate of drug-likeness (QED) is 0.756. The fourth-order valence-corrected chi connectivity index (χ4v) is 1.66. The van der Waals surface area contributed by atoms with Crippen LogP contribution in [0.4, 0.5) is 5.69 Å². The minimum absolute atomic E-state index is 0.0151. The van der Waals surface area contributed by atoms with Crippen LogP contribution in [0.1, 0.15) is 30.6 Å². The maximum absolute atomic E-state index is 12.2. The first-order valence-corrected chi connectivity index (χ1v) is 6.30. The van der Waals surface area contributed by atoms with Gasteiger partial charge in [-0.05, 0) is 36.6 Å². The van der Waals surface area contributed by atoms with Gasteiger partial charge in [0, 0.05) is 24.3 Å². The zero-order chi connectivity index (χ0) is 13.5. The standard InChI is InChI=1S/C14H22N2O2/c1-11(2)7-8-16(9-10-17)14(18)12-3-5-13(15)6-4-12/h3-6,11,17H,7-10,15H2,1-2H3. The number of rotatable bonds is 6. The number of nitrogens with zero attached hydrogens (tertiary/aromatic N) is 1. The van der Waals surface area contributed by atoms with Crippen molar-refractivity contribution < 1.29 is 9.90 Å². The third-order valence-corrected chi connectivity index (χ3v) is 2.79. The Morgan fingerprint density at radius 3 is 2.39 bits per heavy atom. The van der Waals surface area contributed by atoms with Crippen molar-refractivity contribution in [1.82, 2.24) is 4.90 Å². The molecular weight excluding hydrogens is 228 g/mol. The Kier molecular flexibility index (Phi) is 5.65. The molecule has 0 unspecified atom stereocenters. The lowest BCUT2D eigenvalue weighted by Crippen LogP contribution is -2.35. The summed E-state index contributed by atoms with van der Waals surface area (Å²) in [5, 5.41) is 9.03. The predicted molar refractivity (Wildman–Crippen MR) is 73.3 cm³/mol. The molecule has 4 nitrogen and oxygen atoms in total. The first-order valence-electron chi connectivity index (χ1n) is 6.30. The topological polar surface area (TPSA) is 66.6 Å². The fraction of sp³-hybridized carbons (Fsp3) is 0.500. The highest BCUT2D eigenvalue weighted by molar-refractivity contribution is 5.94. The molecule has 0 saturated heterocycles. The first kappa shape index (κ1) is 14.5. The van der Waals surface area contributed by atoms with Gasteiger partial charge in [-0.25, -0.2) is 0 Å². The van der Waals surface area contributed by atoms with Gasteiger partial charge in [0.2, 0.25) is 0 Å². The van der Waals surface area contributed by atoms with Gasteiger partial charge in [0.1, 0.15) is 0 Å². The molecule has 4 heteroatoms. The second-order valence-corrected chi connectivity index (χ2v) is 4.82. The third kappa shape index (κ3) is 4.37. The summed E-state index contributed by atoms with van der Waals surface area (Å²) in [7, 11) is 0. The number of hydrogen-bond donors (Lipinski definition) is 2. The van der Waals surface area contributed by atoms with Crippen LogP contribution in [0.25, 0.3) is 0 Å². The van der Waals surface area contributed by atoms with Crippen LogP contribution in [0.2, 0.25) is 0 Å². The summed E-state index contributed by atoms with van der Waals surface area (Å²) in [6, 6.07) is 6.87. The number of anilines is 1. The van der Waals surface area contributed by atoms with Crippen LogP contribution in [0.5, 0.6) is 0 Å². The summed E-state index contributed by atoms with van der Waals surface area (Å²) in [6.07, 6.45) is 0.931. The smallest absolute Gasteiger partial charge is 0.253 e. The Labute approximate surface area is 108 Å². The molecular formula is C14H22N2O2. The van der Waals surface area contributed by atoms with E-state index >= 15 is 0 Å². The number of amides is 1. The Bertz CT molecular complexity index is 374. The highest BCUT2D eigenvalue weighted by Gasteiger charge is 2.15. The van der Waals surface area contributed by atoms with Gasteiger partial charge in [0.05, 0.1) is 6.61 Å². The molecule has 1 rings (SSSR count). The molecule has 1 amide bonds. The Hall–Kier alpha value is -1.55. The molecule has 0 atom stereocenters. The SMILES string of the molecule is CC(C)CCN(CCO)C(=O)c1ccc(N)cc1. The molecule has 0 aliphatic rings. The van der Waals surface area contributed by atoms with E-state index in [0.29, 0.717) is 30.3 Å². The summed E-state index contributed by atoms with van der Waals surface area (Å²) >= 11 is 0. The van der Waals surface area contributed by atoms with Gasteiger partial charge in [0.15, 0.2) is 0 Å². The van der Waals surface area contributed by atoms with Gasteiger partial charge in [0.25, 0.3) is 5.91 Å². The van der Waals surface area contributed by atoms with Crippen molar-refractivity contribution in [3.05, 3.63) is 29.8 Å². The summed E-state index contributed by atoms with van der Waals surface area (Å²) in [4.78, 5) is 13.9. The molecule has 0 heterocycles. The maximum Gasteiger partial charge on any atom is 0.253 e. The van der Waals surface area contributed by atoms with Crippen LogP contribution in [0, 0.1) is 5.92 Å². The molecule has 0 fully saturated rings. The van der Waals surface area contributed by atoms with Crippen LogP contribution in [-0.2, 0) is 0 Å². The van der Waals surface area contributed by atoms with Crippen molar-refractivity contribution in [2.45, 2.75) is 20.3 Å². The van der Waals surface area contributed by atoms with Crippen molar-refractivity contribution in [1.29, 1.82) is 0 Å². The molecule has 3 N–H and O–H groups in total. The zero-order valence-electron chi connectivity index (χ0n) is 11.1. The lowest BCUT2D eigenvalue weighted by atomic mass is 10.1. The monoisotopic (exact) mass is 250 g/mol. The molecule has 0 aliphatic heterocycles. The molecule has 0 aliphatic carbocycles. The van der Waals surface area contributed by atoms with Crippen LogP contribution < -0.4 is 5.73 Å². The normalized spacial score (nSPS) is 10.7. The number of carbonyl (C=O) groups excluding carboxylic acids is 1. The fourth-order valence-electron chi connectivity index (χ4n) is 1.66. The first-order chi connectivity index (χ1) is 8.54. The van der Waals surface area contributed by atoms with Gasteiger partial charge in [-0.1, -0.05) is 13.8 Å². The summed E-state index contributed by atoms with van der Waals surface area (Å²) in [6.45, 7) is 5.26. The number of hydrogen-bond acceptors (Lipinski definition) is 3. The molecule has 0 spiro atoms. The number of nitrogens with two attached hydrogens (primary N) is 1. The minimum Gasteiger partial charge on any atom is -0.399 e. The van der Waals surface area contributed by atoms with Crippen LogP contribution in [-0.4, -0.2) is 35.6 Å². The highest BCUT2D eigenvalue weighted by atomic mass is 16.3. The third-order valence-electron chi connectivity index (χ3n) is 2.79. The van der Waals surface area contributed by atoms with Crippen molar-refractivity contribution in [3.63, 3.8) is 0 Å². The molecule has 0 radical (unpaired) electrons. The van der Waals surface area contributed by atoms with Gasteiger partial charge < -0.3 is 15.7 Å². The van der Waals surface area contributed by atoms with Gasteiger partial charge in [-0.3, -0.25) is 4.79 Å². The average molecular weight is 250 g/mol. The highest BCUT2D eigenvalue weighted by Crippen LogP contribution is 2.10. The molecule has 1 aromatic carbocycles. The van der Waals surface area contributed by atoms with E-state index in [1.54, 1.807) is 29.2 Å². The number of benzene rings is 1. The largest absolute Gasteiger partial charge is 0.399 e. The van der Waals surface area contributed by atoms with E-state index in [1.807, 2.05) is 0 Å². The van der Waals surface area contributed by atoms with E-state index in [1.165, 1.54) is 0 Å². The summed E-state index contributed by atoms with van der Waals surface area (Å²) in [5.41, 5.74) is 6.85. The van der Waals surface area contributed by atoms with Crippen molar-refractivity contribution in [2.24, 2.45) is 5.92 Å². The minimum atomic E-state index is -0.0512. The van der Waals surface area contributed by atoms with Crippen LogP contribution >= 0.6 is 0 Å².